The van der Waals surface area contributed by atoms with E-state index in [2.05, 4.69) is 6.92 Å². The van der Waals surface area contributed by atoms with Crippen molar-refractivity contribution in [2.24, 2.45) is 0 Å². The van der Waals surface area contributed by atoms with Crippen molar-refractivity contribution in [1.82, 2.24) is 0 Å². The summed E-state index contributed by atoms with van der Waals surface area (Å²) in [5.74, 6) is 0.829. The summed E-state index contributed by atoms with van der Waals surface area (Å²) >= 11 is 1.73. The molecule has 0 saturated heterocycles. The molecule has 0 unspecified atom stereocenters. The Morgan fingerprint density at radius 3 is 2.15 bits per heavy atom. The Morgan fingerprint density at radius 1 is 0.885 bits per heavy atom. The summed E-state index contributed by atoms with van der Waals surface area (Å²) in [4.78, 5) is 25.3. The molecule has 0 fully saturated rings. The lowest BCUT2D eigenvalue weighted by atomic mass is 10.1. The van der Waals surface area contributed by atoms with Crippen molar-refractivity contribution in [3.05, 3.63) is 53.6 Å². The molecule has 2 aromatic carbocycles. The zero-order valence-corrected chi connectivity index (χ0v) is 15.9. The quantitative estimate of drug-likeness (QED) is 0.481. The zero-order valence-electron chi connectivity index (χ0n) is 15.1. The van der Waals surface area contributed by atoms with Gasteiger partial charge in [-0.05, 0) is 62.1 Å². The summed E-state index contributed by atoms with van der Waals surface area (Å²) < 4.78 is 15.9. The lowest BCUT2D eigenvalue weighted by Gasteiger charge is -2.12. The van der Waals surface area contributed by atoms with Crippen molar-refractivity contribution in [2.75, 3.05) is 19.0 Å². The van der Waals surface area contributed by atoms with Gasteiger partial charge in [-0.25, -0.2) is 9.59 Å². The number of hydrogen-bond acceptors (Lipinski definition) is 6. The van der Waals surface area contributed by atoms with Gasteiger partial charge in [0.2, 0.25) is 0 Å². The molecular formula is C20H22O5S. The number of thioether (sulfide) groups is 1. The molecule has 0 spiro atoms. The van der Waals surface area contributed by atoms with E-state index in [-0.39, 0.29) is 24.5 Å². The van der Waals surface area contributed by atoms with E-state index < -0.39 is 11.9 Å². The van der Waals surface area contributed by atoms with Gasteiger partial charge in [0, 0.05) is 4.90 Å². The molecule has 0 heterocycles. The first kappa shape index (κ1) is 19.8. The summed E-state index contributed by atoms with van der Waals surface area (Å²) in [7, 11) is 0. The number of carbonyl (C=O) groups excluding carboxylic acids is 2. The minimum atomic E-state index is -0.504. The van der Waals surface area contributed by atoms with Gasteiger partial charge < -0.3 is 14.2 Å². The first-order valence-electron chi connectivity index (χ1n) is 8.48. The van der Waals surface area contributed by atoms with Crippen molar-refractivity contribution >= 4 is 23.7 Å². The van der Waals surface area contributed by atoms with Crippen LogP contribution >= 0.6 is 11.8 Å². The third kappa shape index (κ3) is 5.26. The molecule has 0 saturated carbocycles. The van der Waals surface area contributed by atoms with Gasteiger partial charge in [0.15, 0.2) is 0 Å². The molecule has 0 atom stereocenters. The highest BCUT2D eigenvalue weighted by Gasteiger charge is 2.18. The molecule has 6 heteroatoms. The maximum Gasteiger partial charge on any atom is 0.341 e. The first-order chi connectivity index (χ1) is 12.6. The summed E-state index contributed by atoms with van der Waals surface area (Å²) in [6.07, 6.45) is 0. The van der Waals surface area contributed by atoms with E-state index in [0.717, 1.165) is 10.6 Å². The Morgan fingerprint density at radius 2 is 1.54 bits per heavy atom. The van der Waals surface area contributed by atoms with Gasteiger partial charge >= 0.3 is 11.9 Å². The van der Waals surface area contributed by atoms with Crippen LogP contribution in [0, 0.1) is 0 Å². The SMILES string of the molecule is CCOC(=O)c1ccc(C(=O)OCC)c(Oc2ccc(SCC)cc2)c1. The lowest BCUT2D eigenvalue weighted by molar-refractivity contribution is 0.0509. The highest BCUT2D eigenvalue weighted by molar-refractivity contribution is 7.99. The largest absolute Gasteiger partial charge is 0.462 e. The number of ether oxygens (including phenoxy) is 3. The van der Waals surface area contributed by atoms with Crippen LogP contribution in [0.25, 0.3) is 0 Å². The van der Waals surface area contributed by atoms with Crippen molar-refractivity contribution in [3.8, 4) is 11.5 Å². The Hall–Kier alpha value is -2.47. The average Bonchev–Trinajstić information content (AvgIpc) is 2.64. The molecule has 0 N–H and O–H groups in total. The van der Waals surface area contributed by atoms with Gasteiger partial charge in [0.1, 0.15) is 17.1 Å². The molecule has 2 rings (SSSR count). The van der Waals surface area contributed by atoms with Crippen molar-refractivity contribution in [1.29, 1.82) is 0 Å². The highest BCUT2D eigenvalue weighted by Crippen LogP contribution is 2.29. The van der Waals surface area contributed by atoms with Gasteiger partial charge in [0.05, 0.1) is 18.8 Å². The molecule has 26 heavy (non-hydrogen) atoms. The number of benzene rings is 2. The van der Waals surface area contributed by atoms with Crippen LogP contribution in [0.2, 0.25) is 0 Å². The van der Waals surface area contributed by atoms with E-state index in [0.29, 0.717) is 11.3 Å². The van der Waals surface area contributed by atoms with Gasteiger partial charge in [-0.3, -0.25) is 0 Å². The van der Waals surface area contributed by atoms with E-state index in [1.807, 2.05) is 24.3 Å². The molecule has 0 aliphatic rings. The smallest absolute Gasteiger partial charge is 0.341 e. The predicted molar refractivity (Wildman–Crippen MR) is 101 cm³/mol. The van der Waals surface area contributed by atoms with Crippen LogP contribution in [0.3, 0.4) is 0 Å². The summed E-state index contributed by atoms with van der Waals surface area (Å²) in [6.45, 7) is 6.07. The lowest BCUT2D eigenvalue weighted by Crippen LogP contribution is -2.09. The second-order valence-corrected chi connectivity index (χ2v) is 6.50. The van der Waals surface area contributed by atoms with Crippen molar-refractivity contribution < 1.29 is 23.8 Å². The van der Waals surface area contributed by atoms with Crippen LogP contribution in [0.4, 0.5) is 0 Å². The Bertz CT molecular complexity index is 755. The Labute approximate surface area is 157 Å². The minimum Gasteiger partial charge on any atom is -0.462 e. The molecule has 0 bridgehead atoms. The molecular weight excluding hydrogens is 352 g/mol. The Balaban J connectivity index is 2.33. The second kappa shape index (κ2) is 9.87. The van der Waals surface area contributed by atoms with E-state index in [1.54, 1.807) is 25.6 Å². The summed E-state index contributed by atoms with van der Waals surface area (Å²) in [6, 6.07) is 12.1. The molecule has 2 aromatic rings. The zero-order chi connectivity index (χ0) is 18.9. The maximum atomic E-state index is 12.2. The average molecular weight is 374 g/mol. The normalized spacial score (nSPS) is 10.3. The van der Waals surface area contributed by atoms with Gasteiger partial charge in [-0.2, -0.15) is 0 Å². The van der Waals surface area contributed by atoms with Crippen LogP contribution in [0.15, 0.2) is 47.4 Å². The molecule has 0 radical (unpaired) electrons. The van der Waals surface area contributed by atoms with Crippen molar-refractivity contribution in [3.63, 3.8) is 0 Å². The molecule has 0 aliphatic heterocycles. The Kier molecular flexibility index (Phi) is 7.53. The molecule has 0 amide bonds. The maximum absolute atomic E-state index is 12.2. The van der Waals surface area contributed by atoms with Crippen molar-refractivity contribution in [2.45, 2.75) is 25.7 Å². The molecule has 0 aromatic heterocycles. The van der Waals surface area contributed by atoms with E-state index in [1.165, 1.54) is 18.2 Å². The topological polar surface area (TPSA) is 61.8 Å². The monoisotopic (exact) mass is 374 g/mol. The van der Waals surface area contributed by atoms with Crippen LogP contribution in [0.1, 0.15) is 41.5 Å². The van der Waals surface area contributed by atoms with E-state index >= 15 is 0 Å². The summed E-state index contributed by atoms with van der Waals surface area (Å²) in [5, 5.41) is 0. The number of esters is 2. The fourth-order valence-electron chi connectivity index (χ4n) is 2.22. The van der Waals surface area contributed by atoms with Crippen LogP contribution < -0.4 is 4.74 Å². The molecule has 138 valence electrons. The van der Waals surface area contributed by atoms with Gasteiger partial charge in [-0.1, -0.05) is 6.92 Å². The fourth-order valence-corrected chi connectivity index (χ4v) is 2.89. The highest BCUT2D eigenvalue weighted by atomic mass is 32.2. The summed E-state index contributed by atoms with van der Waals surface area (Å²) in [5.41, 5.74) is 0.569. The van der Waals surface area contributed by atoms with Crippen LogP contribution in [0.5, 0.6) is 11.5 Å². The number of carbonyl (C=O) groups is 2. The van der Waals surface area contributed by atoms with E-state index in [4.69, 9.17) is 14.2 Å². The third-order valence-corrected chi connectivity index (χ3v) is 4.24. The van der Waals surface area contributed by atoms with Gasteiger partial charge in [0.25, 0.3) is 0 Å². The molecule has 0 aliphatic carbocycles. The second-order valence-electron chi connectivity index (χ2n) is 5.16. The number of hydrogen-bond donors (Lipinski definition) is 0. The first-order valence-corrected chi connectivity index (χ1v) is 9.46. The van der Waals surface area contributed by atoms with Crippen LogP contribution in [-0.2, 0) is 9.47 Å². The third-order valence-electron chi connectivity index (χ3n) is 3.35. The fraction of sp³-hybridized carbons (Fsp3) is 0.300. The predicted octanol–water partition coefficient (Wildman–Crippen LogP) is 4.94. The van der Waals surface area contributed by atoms with Gasteiger partial charge in [-0.15, -0.1) is 11.8 Å². The minimum absolute atomic E-state index is 0.251. The standard InChI is InChI=1S/C20H22O5S/c1-4-23-19(21)14-7-12-17(20(22)24-5-2)18(13-14)25-15-8-10-16(11-9-15)26-6-3/h7-13H,4-6H2,1-3H3. The van der Waals surface area contributed by atoms with Crippen LogP contribution in [-0.4, -0.2) is 30.9 Å². The number of rotatable bonds is 8. The molecule has 5 nitrogen and oxygen atoms in total. The van der Waals surface area contributed by atoms with E-state index in [9.17, 15) is 9.59 Å².